The van der Waals surface area contributed by atoms with Gasteiger partial charge in [0.05, 0.1) is 41.8 Å². The summed E-state index contributed by atoms with van der Waals surface area (Å²) in [7, 11) is 3.76. The molecule has 4 rings (SSSR count). The second-order valence-corrected chi connectivity index (χ2v) is 6.65. The van der Waals surface area contributed by atoms with Gasteiger partial charge in [-0.2, -0.15) is 5.26 Å². The van der Waals surface area contributed by atoms with Gasteiger partial charge in [-0.25, -0.2) is 9.97 Å². The first kappa shape index (κ1) is 17.1. The highest BCUT2D eigenvalue weighted by Gasteiger charge is 2.21. The highest BCUT2D eigenvalue weighted by molar-refractivity contribution is 6.08. The van der Waals surface area contributed by atoms with Gasteiger partial charge < -0.3 is 19.6 Å². The molecule has 4 aromatic rings. The number of imidazole rings is 1. The lowest BCUT2D eigenvalue weighted by Crippen LogP contribution is -2.13. The number of fused-ring (bicyclic) bond motifs is 3. The van der Waals surface area contributed by atoms with Gasteiger partial charge in [-0.3, -0.25) is 0 Å². The number of aliphatic hydroxyl groups is 1. The molecule has 0 saturated carbocycles. The summed E-state index contributed by atoms with van der Waals surface area (Å²) in [6.45, 7) is 2.12. The average molecular weight is 360 g/mol. The van der Waals surface area contributed by atoms with Crippen molar-refractivity contribution in [2.45, 2.75) is 19.6 Å². The minimum absolute atomic E-state index is 0.373. The number of nitrogens with one attached hydrogen (secondary N) is 1. The van der Waals surface area contributed by atoms with Crippen LogP contribution in [0.2, 0.25) is 0 Å². The first-order valence-electron chi connectivity index (χ1n) is 8.74. The number of pyridine rings is 1. The number of nitriles is 1. The Morgan fingerprint density at radius 2 is 2.11 bits per heavy atom. The number of benzene rings is 1. The van der Waals surface area contributed by atoms with E-state index in [0.717, 1.165) is 33.3 Å². The minimum atomic E-state index is -0.560. The maximum absolute atomic E-state index is 10.1. The van der Waals surface area contributed by atoms with Crippen LogP contribution < -0.4 is 5.32 Å². The predicted molar refractivity (Wildman–Crippen MR) is 105 cm³/mol. The monoisotopic (exact) mass is 360 g/mol. The minimum Gasteiger partial charge on any atom is -0.392 e. The maximum Gasteiger partial charge on any atom is 0.156 e. The Balaban J connectivity index is 2.15. The summed E-state index contributed by atoms with van der Waals surface area (Å²) in [6.07, 6.45) is 1.21. The van der Waals surface area contributed by atoms with Crippen molar-refractivity contribution in [3.63, 3.8) is 0 Å². The van der Waals surface area contributed by atoms with Crippen LogP contribution in [0.4, 0.5) is 5.82 Å². The molecule has 0 spiro atoms. The largest absolute Gasteiger partial charge is 0.392 e. The highest BCUT2D eigenvalue weighted by Crippen LogP contribution is 2.35. The Labute approximate surface area is 156 Å². The SMILES string of the molecule is CNc1nc2c(cc(-c3ccccc3C#N)n2CC(C)O)c2c1ncn2C. The van der Waals surface area contributed by atoms with Crippen LogP contribution in [0.3, 0.4) is 0 Å². The molecule has 136 valence electrons. The van der Waals surface area contributed by atoms with Gasteiger partial charge in [-0.1, -0.05) is 18.2 Å². The van der Waals surface area contributed by atoms with Crippen molar-refractivity contribution in [1.82, 2.24) is 19.1 Å². The molecule has 0 bridgehead atoms. The smallest absolute Gasteiger partial charge is 0.156 e. The third kappa shape index (κ3) is 2.62. The third-order valence-corrected chi connectivity index (χ3v) is 4.71. The van der Waals surface area contributed by atoms with Gasteiger partial charge in [-0.05, 0) is 19.1 Å². The molecule has 0 aliphatic rings. The molecule has 27 heavy (non-hydrogen) atoms. The van der Waals surface area contributed by atoms with Crippen molar-refractivity contribution >= 4 is 27.9 Å². The molecule has 3 heterocycles. The fraction of sp³-hybridized carbons (Fsp3) is 0.250. The fourth-order valence-corrected chi connectivity index (χ4v) is 3.56. The molecule has 0 amide bonds. The summed E-state index contributed by atoms with van der Waals surface area (Å²) in [5.41, 5.74) is 4.76. The van der Waals surface area contributed by atoms with E-state index in [2.05, 4.69) is 16.4 Å². The topological polar surface area (TPSA) is 91.7 Å². The molecule has 1 aromatic carbocycles. The van der Waals surface area contributed by atoms with Gasteiger partial charge in [-0.15, -0.1) is 0 Å². The Morgan fingerprint density at radius 3 is 2.81 bits per heavy atom. The van der Waals surface area contributed by atoms with Gasteiger partial charge in [0.25, 0.3) is 0 Å². The number of rotatable bonds is 4. The summed E-state index contributed by atoms with van der Waals surface area (Å²) in [5, 5.41) is 23.7. The molecule has 3 aromatic heterocycles. The molecule has 0 fully saturated rings. The molecular weight excluding hydrogens is 340 g/mol. The molecule has 7 nitrogen and oxygen atoms in total. The number of aromatic nitrogens is 4. The van der Waals surface area contributed by atoms with Crippen molar-refractivity contribution < 1.29 is 5.11 Å². The number of anilines is 1. The van der Waals surface area contributed by atoms with E-state index in [1.54, 1.807) is 19.3 Å². The molecule has 0 saturated heterocycles. The Hall–Kier alpha value is -3.37. The quantitative estimate of drug-likeness (QED) is 0.584. The summed E-state index contributed by atoms with van der Waals surface area (Å²) < 4.78 is 3.94. The van der Waals surface area contributed by atoms with E-state index in [-0.39, 0.29) is 0 Å². The lowest BCUT2D eigenvalue weighted by molar-refractivity contribution is 0.175. The van der Waals surface area contributed by atoms with Gasteiger partial charge in [0.15, 0.2) is 5.82 Å². The molecule has 1 atom stereocenters. The van der Waals surface area contributed by atoms with E-state index < -0.39 is 6.10 Å². The van der Waals surface area contributed by atoms with Crippen molar-refractivity contribution in [3.05, 3.63) is 42.2 Å². The number of aliphatic hydroxyl groups excluding tert-OH is 1. The summed E-state index contributed by atoms with van der Waals surface area (Å²) >= 11 is 0. The van der Waals surface area contributed by atoms with Crippen molar-refractivity contribution in [2.24, 2.45) is 7.05 Å². The van der Waals surface area contributed by atoms with Crippen molar-refractivity contribution in [1.29, 1.82) is 5.26 Å². The van der Waals surface area contributed by atoms with E-state index in [1.165, 1.54) is 0 Å². The second-order valence-electron chi connectivity index (χ2n) is 6.65. The van der Waals surface area contributed by atoms with Gasteiger partial charge in [0.2, 0.25) is 0 Å². The molecule has 2 N–H and O–H groups in total. The van der Waals surface area contributed by atoms with Crippen LogP contribution >= 0.6 is 0 Å². The summed E-state index contributed by atoms with van der Waals surface area (Å²) in [4.78, 5) is 9.24. The van der Waals surface area contributed by atoms with Gasteiger partial charge >= 0.3 is 0 Å². The number of hydrogen-bond donors (Lipinski definition) is 2. The molecule has 0 radical (unpaired) electrons. The zero-order valence-corrected chi connectivity index (χ0v) is 15.4. The van der Waals surface area contributed by atoms with E-state index in [4.69, 9.17) is 4.98 Å². The fourth-order valence-electron chi connectivity index (χ4n) is 3.56. The zero-order valence-electron chi connectivity index (χ0n) is 15.4. The van der Waals surface area contributed by atoms with E-state index in [0.29, 0.717) is 17.9 Å². The first-order chi connectivity index (χ1) is 13.0. The third-order valence-electron chi connectivity index (χ3n) is 4.71. The summed E-state index contributed by atoms with van der Waals surface area (Å²) in [6, 6.07) is 11.8. The van der Waals surface area contributed by atoms with Gasteiger partial charge in [0, 0.05) is 25.0 Å². The number of aryl methyl sites for hydroxylation is 1. The van der Waals surface area contributed by atoms with Gasteiger partial charge in [0.1, 0.15) is 11.2 Å². The van der Waals surface area contributed by atoms with Crippen LogP contribution in [0.5, 0.6) is 0 Å². The van der Waals surface area contributed by atoms with Crippen LogP contribution in [0.1, 0.15) is 12.5 Å². The molecule has 7 heteroatoms. The molecule has 0 aliphatic heterocycles. The molecule has 1 unspecified atom stereocenters. The Kier molecular flexibility index (Phi) is 4.05. The van der Waals surface area contributed by atoms with Crippen LogP contribution in [-0.4, -0.2) is 37.4 Å². The highest BCUT2D eigenvalue weighted by atomic mass is 16.3. The maximum atomic E-state index is 10.1. The molecular formula is C20H20N6O. The van der Waals surface area contributed by atoms with Crippen LogP contribution in [-0.2, 0) is 13.6 Å². The van der Waals surface area contributed by atoms with Crippen molar-refractivity contribution in [2.75, 3.05) is 12.4 Å². The Bertz CT molecular complexity index is 1190. The van der Waals surface area contributed by atoms with E-state index >= 15 is 0 Å². The zero-order chi connectivity index (χ0) is 19.1. The average Bonchev–Trinajstić information content (AvgIpc) is 3.21. The standard InChI is InChI=1S/C20H20N6O/c1-12(27)10-26-16(14-7-5-4-6-13(14)9-21)8-15-18-17(23-11-25(18)3)19(22-2)24-20(15)26/h4-8,11-12,27H,10H2,1-3H3,(H,22,24). The molecule has 0 aliphatic carbocycles. The predicted octanol–water partition coefficient (Wildman–Crippen LogP) is 2.88. The van der Waals surface area contributed by atoms with E-state index in [1.807, 2.05) is 47.5 Å². The van der Waals surface area contributed by atoms with Crippen LogP contribution in [0.15, 0.2) is 36.7 Å². The summed E-state index contributed by atoms with van der Waals surface area (Å²) in [5.74, 6) is 0.683. The van der Waals surface area contributed by atoms with E-state index in [9.17, 15) is 10.4 Å². The lowest BCUT2D eigenvalue weighted by atomic mass is 10.1. The number of hydrogen-bond acceptors (Lipinski definition) is 5. The lowest BCUT2D eigenvalue weighted by Gasteiger charge is -2.13. The van der Waals surface area contributed by atoms with Crippen LogP contribution in [0, 0.1) is 11.3 Å². The first-order valence-corrected chi connectivity index (χ1v) is 8.74. The second kappa shape index (κ2) is 6.41. The normalized spacial score (nSPS) is 12.4. The van der Waals surface area contributed by atoms with Crippen molar-refractivity contribution in [3.8, 4) is 17.3 Å². The Morgan fingerprint density at radius 1 is 1.33 bits per heavy atom. The van der Waals surface area contributed by atoms with Crippen LogP contribution in [0.25, 0.3) is 33.3 Å². The number of nitrogens with zero attached hydrogens (tertiary/aromatic N) is 5.